The lowest BCUT2D eigenvalue weighted by Gasteiger charge is -2.17. The second-order valence-electron chi connectivity index (χ2n) is 7.12. The van der Waals surface area contributed by atoms with Gasteiger partial charge < -0.3 is 10.1 Å². The molecule has 0 saturated carbocycles. The van der Waals surface area contributed by atoms with E-state index in [1.807, 2.05) is 12.1 Å². The molecular formula is C20H29N5O2. The summed E-state index contributed by atoms with van der Waals surface area (Å²) in [4.78, 5) is 17.8. The lowest BCUT2D eigenvalue weighted by Crippen LogP contribution is -2.25. The van der Waals surface area contributed by atoms with Crippen molar-refractivity contribution < 1.29 is 9.53 Å². The number of nitrogens with one attached hydrogen (secondary N) is 1. The molecule has 2 aromatic rings. The zero-order valence-corrected chi connectivity index (χ0v) is 16.7. The first kappa shape index (κ1) is 19.4. The van der Waals surface area contributed by atoms with Gasteiger partial charge in [0.15, 0.2) is 0 Å². The van der Waals surface area contributed by atoms with Crippen LogP contribution in [0, 0.1) is 13.8 Å². The highest BCUT2D eigenvalue weighted by Gasteiger charge is 2.25. The summed E-state index contributed by atoms with van der Waals surface area (Å²) in [5.41, 5.74) is 4.52. The van der Waals surface area contributed by atoms with Crippen LogP contribution in [0.1, 0.15) is 42.9 Å². The first-order valence-corrected chi connectivity index (χ1v) is 9.57. The van der Waals surface area contributed by atoms with Crippen molar-refractivity contribution in [3.63, 3.8) is 0 Å². The third-order valence-corrected chi connectivity index (χ3v) is 5.05. The van der Waals surface area contributed by atoms with Gasteiger partial charge in [-0.3, -0.25) is 19.4 Å². The minimum Gasteiger partial charge on any atom is -0.489 e. The van der Waals surface area contributed by atoms with Crippen molar-refractivity contribution in [3.05, 3.63) is 41.0 Å². The first-order chi connectivity index (χ1) is 13.0. The number of hydrogen-bond donors (Lipinski definition) is 1. The van der Waals surface area contributed by atoms with E-state index in [2.05, 4.69) is 45.8 Å². The van der Waals surface area contributed by atoms with Gasteiger partial charge in [0.1, 0.15) is 11.9 Å². The van der Waals surface area contributed by atoms with Crippen molar-refractivity contribution in [2.45, 2.75) is 59.9 Å². The smallest absolute Gasteiger partial charge is 0.217 e. The summed E-state index contributed by atoms with van der Waals surface area (Å²) < 4.78 is 8.23. The SMILES string of the molecule is CCn1nc(C)c(CN2CCC(Oc3ccnc(CNC(C)=O)c3)C2)c1C. The Hall–Kier alpha value is -2.41. The van der Waals surface area contributed by atoms with Crippen LogP contribution in [0.3, 0.4) is 0 Å². The van der Waals surface area contributed by atoms with Crippen molar-refractivity contribution in [1.82, 2.24) is 25.0 Å². The second-order valence-corrected chi connectivity index (χ2v) is 7.12. The minimum atomic E-state index is -0.0634. The predicted molar refractivity (Wildman–Crippen MR) is 103 cm³/mol. The molecule has 1 aliphatic heterocycles. The Morgan fingerprint density at radius 3 is 2.93 bits per heavy atom. The van der Waals surface area contributed by atoms with Crippen molar-refractivity contribution >= 4 is 5.91 Å². The molecule has 1 aliphatic rings. The van der Waals surface area contributed by atoms with Crippen LogP contribution in [0.5, 0.6) is 5.75 Å². The van der Waals surface area contributed by atoms with Gasteiger partial charge in [0, 0.05) is 56.6 Å². The topological polar surface area (TPSA) is 72.3 Å². The summed E-state index contributed by atoms with van der Waals surface area (Å²) in [5.74, 6) is 0.745. The second kappa shape index (κ2) is 8.52. The Labute approximate surface area is 160 Å². The molecule has 27 heavy (non-hydrogen) atoms. The third-order valence-electron chi connectivity index (χ3n) is 5.05. The van der Waals surface area contributed by atoms with E-state index in [0.717, 1.165) is 49.7 Å². The number of hydrogen-bond acceptors (Lipinski definition) is 5. The number of aromatic nitrogens is 3. The number of amides is 1. The quantitative estimate of drug-likeness (QED) is 0.808. The molecule has 7 nitrogen and oxygen atoms in total. The maximum Gasteiger partial charge on any atom is 0.217 e. The highest BCUT2D eigenvalue weighted by molar-refractivity contribution is 5.72. The Kier molecular flexibility index (Phi) is 6.11. The molecule has 3 rings (SSSR count). The number of ether oxygens (including phenoxy) is 1. The Morgan fingerprint density at radius 2 is 2.22 bits per heavy atom. The lowest BCUT2D eigenvalue weighted by atomic mass is 10.2. The molecule has 7 heteroatoms. The molecule has 1 fully saturated rings. The fourth-order valence-corrected chi connectivity index (χ4v) is 3.56. The highest BCUT2D eigenvalue weighted by Crippen LogP contribution is 2.22. The van der Waals surface area contributed by atoms with E-state index in [-0.39, 0.29) is 12.0 Å². The average molecular weight is 371 g/mol. The van der Waals surface area contributed by atoms with E-state index in [1.54, 1.807) is 6.20 Å². The molecule has 1 atom stereocenters. The van der Waals surface area contributed by atoms with Crippen LogP contribution in [0.25, 0.3) is 0 Å². The summed E-state index contributed by atoms with van der Waals surface area (Å²) in [6.07, 6.45) is 2.90. The van der Waals surface area contributed by atoms with E-state index in [0.29, 0.717) is 6.54 Å². The van der Waals surface area contributed by atoms with E-state index in [1.165, 1.54) is 18.2 Å². The van der Waals surface area contributed by atoms with E-state index in [9.17, 15) is 4.79 Å². The number of carbonyl (C=O) groups excluding carboxylic acids is 1. The maximum absolute atomic E-state index is 11.1. The summed E-state index contributed by atoms with van der Waals surface area (Å²) in [5, 5.41) is 7.38. The summed E-state index contributed by atoms with van der Waals surface area (Å²) >= 11 is 0. The number of aryl methyl sites for hydroxylation is 2. The van der Waals surface area contributed by atoms with Gasteiger partial charge in [-0.15, -0.1) is 0 Å². The van der Waals surface area contributed by atoms with Crippen LogP contribution in [0.4, 0.5) is 0 Å². The number of pyridine rings is 1. The monoisotopic (exact) mass is 371 g/mol. The zero-order valence-electron chi connectivity index (χ0n) is 16.7. The number of carbonyl (C=O) groups is 1. The van der Waals surface area contributed by atoms with Gasteiger partial charge in [-0.1, -0.05) is 0 Å². The van der Waals surface area contributed by atoms with Crippen LogP contribution < -0.4 is 10.1 Å². The molecule has 1 unspecified atom stereocenters. The Morgan fingerprint density at radius 1 is 1.41 bits per heavy atom. The van der Waals surface area contributed by atoms with E-state index >= 15 is 0 Å². The number of nitrogens with zero attached hydrogens (tertiary/aromatic N) is 4. The van der Waals surface area contributed by atoms with Gasteiger partial charge in [-0.2, -0.15) is 5.10 Å². The fraction of sp³-hybridized carbons (Fsp3) is 0.550. The Balaban J connectivity index is 1.56. The number of likely N-dealkylation sites (tertiary alicyclic amines) is 1. The van der Waals surface area contributed by atoms with E-state index in [4.69, 9.17) is 4.74 Å². The van der Waals surface area contributed by atoms with Crippen LogP contribution in [-0.2, 0) is 24.4 Å². The van der Waals surface area contributed by atoms with Gasteiger partial charge in [0.2, 0.25) is 5.91 Å². The van der Waals surface area contributed by atoms with Gasteiger partial charge in [-0.05, 0) is 33.3 Å². The largest absolute Gasteiger partial charge is 0.489 e. The standard InChI is InChI=1S/C20H29N5O2/c1-5-25-15(3)20(14(2)23-25)13-24-9-7-19(12-24)27-18-6-8-21-17(10-18)11-22-16(4)26/h6,8,10,19H,5,7,9,11-13H2,1-4H3,(H,22,26). The number of rotatable bonds is 7. The molecule has 0 aliphatic carbocycles. The third kappa shape index (κ3) is 4.86. The zero-order chi connectivity index (χ0) is 19.4. The van der Waals surface area contributed by atoms with Crippen LogP contribution in [-0.4, -0.2) is 44.8 Å². The fourth-order valence-electron chi connectivity index (χ4n) is 3.56. The van der Waals surface area contributed by atoms with Crippen LogP contribution >= 0.6 is 0 Å². The molecule has 1 saturated heterocycles. The molecule has 3 heterocycles. The van der Waals surface area contributed by atoms with Crippen molar-refractivity contribution in [3.8, 4) is 5.75 Å². The molecule has 0 aromatic carbocycles. The molecule has 0 spiro atoms. The van der Waals surface area contributed by atoms with Crippen LogP contribution in [0.15, 0.2) is 18.3 Å². The highest BCUT2D eigenvalue weighted by atomic mass is 16.5. The molecule has 146 valence electrons. The van der Waals surface area contributed by atoms with Gasteiger partial charge in [0.05, 0.1) is 17.9 Å². The molecular weight excluding hydrogens is 342 g/mol. The molecule has 1 N–H and O–H groups in total. The first-order valence-electron chi connectivity index (χ1n) is 9.57. The summed E-state index contributed by atoms with van der Waals surface area (Å²) in [7, 11) is 0. The van der Waals surface area contributed by atoms with Gasteiger partial charge in [-0.25, -0.2) is 0 Å². The molecule has 2 aromatic heterocycles. The van der Waals surface area contributed by atoms with Gasteiger partial charge in [0.25, 0.3) is 0 Å². The predicted octanol–water partition coefficient (Wildman–Crippen LogP) is 2.20. The lowest BCUT2D eigenvalue weighted by molar-refractivity contribution is -0.119. The average Bonchev–Trinajstić information content (AvgIpc) is 3.19. The van der Waals surface area contributed by atoms with Crippen molar-refractivity contribution in [2.24, 2.45) is 0 Å². The Bertz CT molecular complexity index is 802. The maximum atomic E-state index is 11.1. The molecule has 0 radical (unpaired) electrons. The minimum absolute atomic E-state index is 0.0634. The summed E-state index contributed by atoms with van der Waals surface area (Å²) in [6, 6.07) is 3.78. The van der Waals surface area contributed by atoms with Crippen molar-refractivity contribution in [2.75, 3.05) is 13.1 Å². The molecule has 1 amide bonds. The normalized spacial score (nSPS) is 17.3. The van der Waals surface area contributed by atoms with Crippen LogP contribution in [0.2, 0.25) is 0 Å². The summed E-state index contributed by atoms with van der Waals surface area (Å²) in [6.45, 7) is 12.0. The van der Waals surface area contributed by atoms with Gasteiger partial charge >= 0.3 is 0 Å². The van der Waals surface area contributed by atoms with Crippen molar-refractivity contribution in [1.29, 1.82) is 0 Å². The van der Waals surface area contributed by atoms with E-state index < -0.39 is 0 Å². The molecule has 0 bridgehead atoms.